The third kappa shape index (κ3) is 4.95. The van der Waals surface area contributed by atoms with Gasteiger partial charge in [-0.2, -0.15) is 0 Å². The van der Waals surface area contributed by atoms with Crippen LogP contribution in [0.25, 0.3) is 0 Å². The molecule has 37 heavy (non-hydrogen) atoms. The number of fused-ring (bicyclic) bond motifs is 3. The van der Waals surface area contributed by atoms with E-state index in [1.54, 1.807) is 18.1 Å². The number of nitrogens with one attached hydrogen (secondary N) is 1. The number of carbonyl (C=O) groups is 2. The van der Waals surface area contributed by atoms with Crippen LogP contribution < -0.4 is 14.8 Å². The van der Waals surface area contributed by atoms with Gasteiger partial charge in [-0.1, -0.05) is 36.8 Å². The molecule has 0 spiro atoms. The molecule has 4 atom stereocenters. The predicted octanol–water partition coefficient (Wildman–Crippen LogP) is 2.19. The lowest BCUT2D eigenvalue weighted by Crippen LogP contribution is -2.57. The highest BCUT2D eigenvalue weighted by atomic mass is 16.5. The van der Waals surface area contributed by atoms with E-state index < -0.39 is 24.2 Å². The summed E-state index contributed by atoms with van der Waals surface area (Å²) in [5, 5.41) is 23.6. The van der Waals surface area contributed by atoms with E-state index in [1.807, 2.05) is 48.5 Å². The van der Waals surface area contributed by atoms with E-state index in [0.29, 0.717) is 24.3 Å². The number of ether oxygens (including phenoxy) is 2. The molecule has 196 valence electrons. The summed E-state index contributed by atoms with van der Waals surface area (Å²) < 4.78 is 11.5. The van der Waals surface area contributed by atoms with E-state index in [2.05, 4.69) is 5.32 Å². The van der Waals surface area contributed by atoms with Crippen molar-refractivity contribution in [3.8, 4) is 11.5 Å². The fourth-order valence-corrected chi connectivity index (χ4v) is 5.56. The van der Waals surface area contributed by atoms with Crippen LogP contribution in [0.15, 0.2) is 60.2 Å². The summed E-state index contributed by atoms with van der Waals surface area (Å²) in [6, 6.07) is 14.5. The lowest BCUT2D eigenvalue weighted by atomic mass is 9.76. The van der Waals surface area contributed by atoms with Crippen molar-refractivity contribution in [1.82, 2.24) is 10.2 Å². The van der Waals surface area contributed by atoms with Crippen molar-refractivity contribution < 1.29 is 29.3 Å². The molecule has 2 aromatic rings. The Morgan fingerprint density at radius 2 is 1.97 bits per heavy atom. The largest absolute Gasteiger partial charge is 0.497 e. The van der Waals surface area contributed by atoms with Crippen LogP contribution in [0, 0.1) is 5.92 Å². The topological polar surface area (TPSA) is 108 Å². The zero-order valence-electron chi connectivity index (χ0n) is 21.0. The van der Waals surface area contributed by atoms with Crippen LogP contribution in [0.5, 0.6) is 11.5 Å². The molecular weight excluding hydrogens is 472 g/mol. The highest BCUT2D eigenvalue weighted by Gasteiger charge is 2.50. The van der Waals surface area contributed by atoms with Crippen LogP contribution in [0.3, 0.4) is 0 Å². The van der Waals surface area contributed by atoms with Crippen LogP contribution in [0.4, 0.5) is 0 Å². The number of carbonyl (C=O) groups excluding carboxylic acids is 2. The van der Waals surface area contributed by atoms with Crippen LogP contribution in [0.2, 0.25) is 0 Å². The van der Waals surface area contributed by atoms with Gasteiger partial charge in [0.15, 0.2) is 0 Å². The first-order chi connectivity index (χ1) is 18.0. The Kier molecular flexibility index (Phi) is 7.48. The number of hydrogen-bond acceptors (Lipinski definition) is 6. The Bertz CT molecular complexity index is 1180. The molecule has 0 radical (unpaired) electrons. The van der Waals surface area contributed by atoms with Crippen molar-refractivity contribution in [3.63, 3.8) is 0 Å². The maximum absolute atomic E-state index is 13.7. The number of hydrogen-bond donors (Lipinski definition) is 3. The third-order valence-corrected chi connectivity index (χ3v) is 7.75. The smallest absolute Gasteiger partial charge is 0.247 e. The van der Waals surface area contributed by atoms with Gasteiger partial charge < -0.3 is 29.9 Å². The molecule has 8 heteroatoms. The first-order valence-electron chi connectivity index (χ1n) is 13.0. The van der Waals surface area contributed by atoms with Gasteiger partial charge in [-0.15, -0.1) is 0 Å². The molecular formula is C29H34N2O6. The zero-order valence-corrected chi connectivity index (χ0v) is 21.0. The fraction of sp³-hybridized carbons (Fsp3) is 0.448. The first-order valence-corrected chi connectivity index (χ1v) is 13.0. The van der Waals surface area contributed by atoms with Gasteiger partial charge in [-0.25, -0.2) is 0 Å². The Morgan fingerprint density at radius 3 is 2.70 bits per heavy atom. The second kappa shape index (κ2) is 10.9. The molecule has 3 aliphatic rings. The Morgan fingerprint density at radius 1 is 1.16 bits per heavy atom. The van der Waals surface area contributed by atoms with Crippen molar-refractivity contribution in [1.29, 1.82) is 0 Å². The average Bonchev–Trinajstić information content (AvgIpc) is 3.28. The Labute approximate surface area is 216 Å². The minimum Gasteiger partial charge on any atom is -0.497 e. The van der Waals surface area contributed by atoms with Gasteiger partial charge >= 0.3 is 0 Å². The Balaban J connectivity index is 1.49. The highest BCUT2D eigenvalue weighted by molar-refractivity contribution is 5.96. The number of rotatable bonds is 9. The molecule has 0 saturated heterocycles. The standard InChI is InChI=1S/C29H34N2O6/c1-36-20-9-4-6-18(16-20)12-14-31(29(35)19-7-5-8-19)23-17-22(28(34)30-13-15-32)25-21-10-2-3-11-24(21)37-27(25)26(23)33/h2-4,6,9-11,16-17,19,23,25-27,32-33H,5,7-8,12-15H2,1H3,(H,30,34)/t23-,25+,26+,27+/m1/s1. The second-order valence-electron chi connectivity index (χ2n) is 9.94. The van der Waals surface area contributed by atoms with Crippen molar-refractivity contribution >= 4 is 11.8 Å². The number of benzene rings is 2. The minimum atomic E-state index is -1.01. The second-order valence-corrected chi connectivity index (χ2v) is 9.94. The van der Waals surface area contributed by atoms with Crippen LogP contribution >= 0.6 is 0 Å². The number of methoxy groups -OCH3 is 1. The summed E-state index contributed by atoms with van der Waals surface area (Å²) >= 11 is 0. The van der Waals surface area contributed by atoms with Crippen molar-refractivity contribution in [2.45, 2.75) is 49.9 Å². The molecule has 0 aromatic heterocycles. The summed E-state index contributed by atoms with van der Waals surface area (Å²) in [6.45, 7) is 0.319. The van der Waals surface area contributed by atoms with Crippen molar-refractivity contribution in [2.75, 3.05) is 26.8 Å². The molecule has 2 aromatic carbocycles. The van der Waals surface area contributed by atoms with E-state index in [-0.39, 0.29) is 30.9 Å². The summed E-state index contributed by atoms with van der Waals surface area (Å²) in [5.74, 6) is 0.516. The van der Waals surface area contributed by atoms with Gasteiger partial charge in [-0.05, 0) is 49.1 Å². The minimum absolute atomic E-state index is 0.00137. The van der Waals surface area contributed by atoms with Crippen LogP contribution in [-0.2, 0) is 16.0 Å². The van der Waals surface area contributed by atoms with Gasteiger partial charge in [0.25, 0.3) is 0 Å². The molecule has 2 amide bonds. The molecule has 0 bridgehead atoms. The van der Waals surface area contributed by atoms with Gasteiger partial charge in [0.05, 0.1) is 25.7 Å². The number of nitrogens with zero attached hydrogens (tertiary/aromatic N) is 1. The average molecular weight is 507 g/mol. The summed E-state index contributed by atoms with van der Waals surface area (Å²) in [5.41, 5.74) is 2.30. The van der Waals surface area contributed by atoms with Gasteiger partial charge in [-0.3, -0.25) is 9.59 Å². The number of aliphatic hydroxyl groups excluding tert-OH is 2. The van der Waals surface area contributed by atoms with E-state index in [9.17, 15) is 19.8 Å². The molecule has 0 unspecified atom stereocenters. The summed E-state index contributed by atoms with van der Waals surface area (Å²) in [6.07, 6.45) is 3.29. The Hall–Kier alpha value is -3.36. The number of para-hydroxylation sites is 1. The molecule has 1 saturated carbocycles. The van der Waals surface area contributed by atoms with Crippen LogP contribution in [-0.4, -0.2) is 72.0 Å². The van der Waals surface area contributed by atoms with Gasteiger partial charge in [0, 0.05) is 30.1 Å². The van der Waals surface area contributed by atoms with E-state index in [0.717, 1.165) is 36.1 Å². The lowest BCUT2D eigenvalue weighted by Gasteiger charge is -2.43. The maximum atomic E-state index is 13.7. The van der Waals surface area contributed by atoms with E-state index in [4.69, 9.17) is 9.47 Å². The highest BCUT2D eigenvalue weighted by Crippen LogP contribution is 2.47. The van der Waals surface area contributed by atoms with E-state index in [1.165, 1.54) is 0 Å². The van der Waals surface area contributed by atoms with Crippen molar-refractivity contribution in [3.05, 3.63) is 71.3 Å². The number of amides is 2. The predicted molar refractivity (Wildman–Crippen MR) is 137 cm³/mol. The molecule has 3 N–H and O–H groups in total. The normalized spacial score (nSPS) is 24.1. The molecule has 8 nitrogen and oxygen atoms in total. The molecule has 1 fully saturated rings. The maximum Gasteiger partial charge on any atom is 0.247 e. The summed E-state index contributed by atoms with van der Waals surface area (Å²) in [4.78, 5) is 28.7. The van der Waals surface area contributed by atoms with Gasteiger partial charge in [0.2, 0.25) is 11.8 Å². The fourth-order valence-electron chi connectivity index (χ4n) is 5.56. The molecule has 2 aliphatic carbocycles. The monoisotopic (exact) mass is 506 g/mol. The van der Waals surface area contributed by atoms with E-state index >= 15 is 0 Å². The van der Waals surface area contributed by atoms with Gasteiger partial charge in [0.1, 0.15) is 23.7 Å². The van der Waals surface area contributed by atoms with Crippen molar-refractivity contribution in [2.24, 2.45) is 5.92 Å². The first kappa shape index (κ1) is 25.3. The molecule has 5 rings (SSSR count). The summed E-state index contributed by atoms with van der Waals surface area (Å²) in [7, 11) is 1.62. The van der Waals surface area contributed by atoms with Crippen LogP contribution in [0.1, 0.15) is 36.3 Å². The number of aliphatic hydroxyl groups is 2. The third-order valence-electron chi connectivity index (χ3n) is 7.75. The molecule has 1 aliphatic heterocycles. The SMILES string of the molecule is COc1cccc(CCN(C(=O)C2CCC2)[C@@H]2C=C(C(=O)NCCO)[C@@H]3c4ccccc4O[C@@H]3[C@H]2O)c1. The quantitative estimate of drug-likeness (QED) is 0.481. The molecule has 1 heterocycles. The lowest BCUT2D eigenvalue weighted by molar-refractivity contribution is -0.144. The zero-order chi connectivity index (χ0) is 25.9.